The highest BCUT2D eigenvalue weighted by Gasteiger charge is 2.07. The Morgan fingerprint density at radius 3 is 2.71 bits per heavy atom. The van der Waals surface area contributed by atoms with Crippen LogP contribution in [0.1, 0.15) is 17.8 Å². The predicted octanol–water partition coefficient (Wildman–Crippen LogP) is 3.29. The van der Waals surface area contributed by atoms with Gasteiger partial charge in [-0.25, -0.2) is 4.98 Å². The number of rotatable bonds is 9. The number of hydrogen-bond acceptors (Lipinski definition) is 4. The van der Waals surface area contributed by atoms with Gasteiger partial charge in [-0.05, 0) is 43.2 Å². The fourth-order valence-electron chi connectivity index (χ4n) is 2.82. The quantitative estimate of drug-likeness (QED) is 0.485. The van der Waals surface area contributed by atoms with Gasteiger partial charge in [0.1, 0.15) is 5.82 Å². The Kier molecular flexibility index (Phi) is 7.08. The van der Waals surface area contributed by atoms with Crippen molar-refractivity contribution >= 4 is 40.3 Å². The summed E-state index contributed by atoms with van der Waals surface area (Å²) in [6, 6.07) is 15.6. The van der Waals surface area contributed by atoms with E-state index in [4.69, 9.17) is 0 Å². The number of para-hydroxylation sites is 2. The molecule has 2 amide bonds. The summed E-state index contributed by atoms with van der Waals surface area (Å²) >= 11 is 1.31. The van der Waals surface area contributed by atoms with Crippen LogP contribution in [0, 0.1) is 6.92 Å². The molecule has 7 heteroatoms. The number of aromatic nitrogens is 2. The third-order valence-corrected chi connectivity index (χ3v) is 5.05. The summed E-state index contributed by atoms with van der Waals surface area (Å²) in [7, 11) is 0. The van der Waals surface area contributed by atoms with Crippen molar-refractivity contribution in [2.45, 2.75) is 19.8 Å². The first-order valence-corrected chi connectivity index (χ1v) is 10.4. The van der Waals surface area contributed by atoms with Crippen LogP contribution in [0.2, 0.25) is 0 Å². The summed E-state index contributed by atoms with van der Waals surface area (Å²) in [4.78, 5) is 31.6. The van der Waals surface area contributed by atoms with Crippen LogP contribution in [0.4, 0.5) is 5.69 Å². The maximum atomic E-state index is 11.9. The van der Waals surface area contributed by atoms with Crippen LogP contribution in [-0.2, 0) is 16.0 Å². The van der Waals surface area contributed by atoms with Crippen LogP contribution >= 0.6 is 11.8 Å². The van der Waals surface area contributed by atoms with E-state index < -0.39 is 0 Å². The highest BCUT2D eigenvalue weighted by Crippen LogP contribution is 2.12. The molecule has 3 aromatic rings. The molecule has 28 heavy (non-hydrogen) atoms. The van der Waals surface area contributed by atoms with Crippen molar-refractivity contribution in [3.05, 3.63) is 59.9 Å². The zero-order valence-electron chi connectivity index (χ0n) is 15.8. The summed E-state index contributed by atoms with van der Waals surface area (Å²) in [6.07, 6.45) is 1.59. The average Bonchev–Trinajstić information content (AvgIpc) is 3.08. The SMILES string of the molecule is Cc1cccc(NC(=O)CSCC(=O)NCCCc2nc3ccccc3[nH]2)c1. The van der Waals surface area contributed by atoms with E-state index in [0.29, 0.717) is 6.54 Å². The summed E-state index contributed by atoms with van der Waals surface area (Å²) in [6.45, 7) is 2.56. The highest BCUT2D eigenvalue weighted by molar-refractivity contribution is 8.00. The zero-order chi connectivity index (χ0) is 19.8. The van der Waals surface area contributed by atoms with Crippen molar-refractivity contribution in [1.29, 1.82) is 0 Å². The molecule has 3 N–H and O–H groups in total. The van der Waals surface area contributed by atoms with Gasteiger partial charge >= 0.3 is 0 Å². The van der Waals surface area contributed by atoms with Gasteiger partial charge in [0.25, 0.3) is 0 Å². The van der Waals surface area contributed by atoms with Gasteiger partial charge in [-0.1, -0.05) is 24.3 Å². The summed E-state index contributed by atoms with van der Waals surface area (Å²) in [5.74, 6) is 1.29. The smallest absolute Gasteiger partial charge is 0.234 e. The maximum Gasteiger partial charge on any atom is 0.234 e. The molecule has 0 spiro atoms. The number of carbonyl (C=O) groups excluding carboxylic acids is 2. The number of thioether (sulfide) groups is 1. The third kappa shape index (κ3) is 6.13. The first-order valence-electron chi connectivity index (χ1n) is 9.25. The Hall–Kier alpha value is -2.80. The van der Waals surface area contributed by atoms with Crippen LogP contribution < -0.4 is 10.6 Å². The number of H-pyrrole nitrogens is 1. The fourth-order valence-corrected chi connectivity index (χ4v) is 3.46. The van der Waals surface area contributed by atoms with Crippen molar-refractivity contribution in [3.8, 4) is 0 Å². The van der Waals surface area contributed by atoms with Gasteiger partial charge in [0.15, 0.2) is 0 Å². The van der Waals surface area contributed by atoms with Crippen LogP contribution in [0.15, 0.2) is 48.5 Å². The van der Waals surface area contributed by atoms with E-state index in [-0.39, 0.29) is 23.3 Å². The van der Waals surface area contributed by atoms with E-state index in [1.807, 2.05) is 55.5 Å². The fraction of sp³-hybridized carbons (Fsp3) is 0.286. The second-order valence-corrected chi connectivity index (χ2v) is 7.55. The number of nitrogens with one attached hydrogen (secondary N) is 3. The normalized spacial score (nSPS) is 10.8. The Bertz CT molecular complexity index is 921. The molecule has 146 valence electrons. The Morgan fingerprint density at radius 1 is 1.07 bits per heavy atom. The van der Waals surface area contributed by atoms with Crippen LogP contribution in [-0.4, -0.2) is 39.8 Å². The van der Waals surface area contributed by atoms with E-state index in [0.717, 1.165) is 41.0 Å². The second-order valence-electron chi connectivity index (χ2n) is 6.56. The lowest BCUT2D eigenvalue weighted by molar-refractivity contribution is -0.118. The molecule has 0 bridgehead atoms. The lowest BCUT2D eigenvalue weighted by Crippen LogP contribution is -2.27. The first kappa shape index (κ1) is 19.9. The van der Waals surface area contributed by atoms with Crippen molar-refractivity contribution in [3.63, 3.8) is 0 Å². The van der Waals surface area contributed by atoms with Gasteiger partial charge in [-0.2, -0.15) is 0 Å². The molecular formula is C21H24N4O2S. The third-order valence-electron chi connectivity index (χ3n) is 4.12. The number of anilines is 1. The van der Waals surface area contributed by atoms with Crippen molar-refractivity contribution in [1.82, 2.24) is 15.3 Å². The molecule has 0 atom stereocenters. The van der Waals surface area contributed by atoms with Crippen molar-refractivity contribution < 1.29 is 9.59 Å². The number of nitrogens with zero attached hydrogens (tertiary/aromatic N) is 1. The van der Waals surface area contributed by atoms with Gasteiger partial charge in [-0.15, -0.1) is 11.8 Å². The van der Waals surface area contributed by atoms with Gasteiger partial charge < -0.3 is 15.6 Å². The average molecular weight is 397 g/mol. The molecule has 2 aromatic carbocycles. The number of carbonyl (C=O) groups is 2. The second kappa shape index (κ2) is 9.94. The number of amides is 2. The molecule has 0 fully saturated rings. The molecule has 0 saturated carbocycles. The standard InChI is InChI=1S/C21H24N4O2S/c1-15-6-4-7-16(12-15)23-21(27)14-28-13-20(26)22-11-5-10-19-24-17-8-2-3-9-18(17)25-19/h2-4,6-9,12H,5,10-11,13-14H2,1H3,(H,22,26)(H,23,27)(H,24,25). The van der Waals surface area contributed by atoms with Gasteiger partial charge in [0.05, 0.1) is 22.5 Å². The summed E-state index contributed by atoms with van der Waals surface area (Å²) in [5.41, 5.74) is 3.86. The highest BCUT2D eigenvalue weighted by atomic mass is 32.2. The van der Waals surface area contributed by atoms with Crippen LogP contribution in [0.3, 0.4) is 0 Å². The number of fused-ring (bicyclic) bond motifs is 1. The molecule has 6 nitrogen and oxygen atoms in total. The van der Waals surface area contributed by atoms with E-state index in [1.54, 1.807) is 0 Å². The largest absolute Gasteiger partial charge is 0.355 e. The molecule has 3 rings (SSSR count). The van der Waals surface area contributed by atoms with E-state index in [9.17, 15) is 9.59 Å². The lowest BCUT2D eigenvalue weighted by atomic mass is 10.2. The molecule has 0 aliphatic rings. The maximum absolute atomic E-state index is 11.9. The molecule has 0 radical (unpaired) electrons. The van der Waals surface area contributed by atoms with E-state index >= 15 is 0 Å². The van der Waals surface area contributed by atoms with Crippen LogP contribution in [0.25, 0.3) is 11.0 Å². The predicted molar refractivity (Wildman–Crippen MR) is 115 cm³/mol. The number of aryl methyl sites for hydroxylation is 2. The first-order chi connectivity index (χ1) is 13.6. The minimum atomic E-state index is -0.103. The topological polar surface area (TPSA) is 86.9 Å². The zero-order valence-corrected chi connectivity index (χ0v) is 16.6. The molecule has 0 aliphatic heterocycles. The Morgan fingerprint density at radius 2 is 1.89 bits per heavy atom. The van der Waals surface area contributed by atoms with Gasteiger partial charge in [0, 0.05) is 18.7 Å². The van der Waals surface area contributed by atoms with Crippen LogP contribution in [0.5, 0.6) is 0 Å². The molecular weight excluding hydrogens is 372 g/mol. The molecule has 0 unspecified atom stereocenters. The number of imidazole rings is 1. The molecule has 1 aromatic heterocycles. The van der Waals surface area contributed by atoms with Crippen molar-refractivity contribution in [2.75, 3.05) is 23.4 Å². The monoisotopic (exact) mass is 396 g/mol. The Balaban J connectivity index is 1.28. The minimum absolute atomic E-state index is 0.0574. The summed E-state index contributed by atoms with van der Waals surface area (Å²) in [5, 5.41) is 5.72. The van der Waals surface area contributed by atoms with E-state index in [2.05, 4.69) is 20.6 Å². The number of benzene rings is 2. The number of aromatic amines is 1. The minimum Gasteiger partial charge on any atom is -0.355 e. The van der Waals surface area contributed by atoms with Crippen molar-refractivity contribution in [2.24, 2.45) is 0 Å². The molecule has 0 saturated heterocycles. The molecule has 0 aliphatic carbocycles. The lowest BCUT2D eigenvalue weighted by Gasteiger charge is -2.06. The number of hydrogen-bond donors (Lipinski definition) is 3. The van der Waals surface area contributed by atoms with E-state index in [1.165, 1.54) is 11.8 Å². The molecule has 1 heterocycles. The summed E-state index contributed by atoms with van der Waals surface area (Å²) < 4.78 is 0. The van der Waals surface area contributed by atoms with Gasteiger partial charge in [0.2, 0.25) is 11.8 Å². The Labute approximate surface area is 168 Å². The van der Waals surface area contributed by atoms with Gasteiger partial charge in [-0.3, -0.25) is 9.59 Å².